The smallest absolute Gasteiger partial charge is 0.305 e. The molecular weight excluding hydrogens is 220 g/mol. The highest BCUT2D eigenvalue weighted by atomic mass is 32.2. The van der Waals surface area contributed by atoms with E-state index in [-0.39, 0.29) is 5.97 Å². The minimum absolute atomic E-state index is 0.148. The highest BCUT2D eigenvalue weighted by molar-refractivity contribution is 7.98. The summed E-state index contributed by atoms with van der Waals surface area (Å²) in [5.41, 5.74) is 1.27. The summed E-state index contributed by atoms with van der Waals surface area (Å²) >= 11 is 1.76. The van der Waals surface area contributed by atoms with Crippen molar-refractivity contribution < 1.29 is 9.53 Å². The highest BCUT2D eigenvalue weighted by Crippen LogP contribution is 2.11. The van der Waals surface area contributed by atoms with Gasteiger partial charge in [0, 0.05) is 17.9 Å². The number of carbonyl (C=O) groups is 1. The molecule has 0 saturated heterocycles. The molecule has 0 aliphatic carbocycles. The van der Waals surface area contributed by atoms with Crippen molar-refractivity contribution in [3.63, 3.8) is 0 Å². The van der Waals surface area contributed by atoms with Crippen LogP contribution >= 0.6 is 11.8 Å². The molecule has 1 aromatic rings. The molecule has 0 atom stereocenters. The minimum Gasteiger partial charge on any atom is -0.465 e. The van der Waals surface area contributed by atoms with Crippen molar-refractivity contribution >= 4 is 17.7 Å². The first kappa shape index (κ1) is 13.1. The monoisotopic (exact) mass is 236 g/mol. The van der Waals surface area contributed by atoms with Crippen LogP contribution in [-0.2, 0) is 15.3 Å². The van der Waals surface area contributed by atoms with E-state index in [0.29, 0.717) is 19.4 Å². The second-order valence-electron chi connectivity index (χ2n) is 3.28. The number of ether oxygens (including phenoxy) is 1. The van der Waals surface area contributed by atoms with Crippen LogP contribution in [0, 0.1) is 13.0 Å². The first-order valence-electron chi connectivity index (χ1n) is 5.30. The fourth-order valence-corrected chi connectivity index (χ4v) is 1.91. The molecule has 2 nitrogen and oxygen atoms in total. The van der Waals surface area contributed by atoms with Gasteiger partial charge in [0.15, 0.2) is 0 Å². The van der Waals surface area contributed by atoms with Gasteiger partial charge in [0.2, 0.25) is 0 Å². The van der Waals surface area contributed by atoms with E-state index in [1.54, 1.807) is 11.8 Å². The van der Waals surface area contributed by atoms with Gasteiger partial charge in [-0.3, -0.25) is 4.79 Å². The maximum atomic E-state index is 11.0. The molecule has 0 aliphatic rings. The van der Waals surface area contributed by atoms with Crippen molar-refractivity contribution in [3.05, 3.63) is 42.8 Å². The SMILES string of the molecule is [CH2]CCC(=O)OCCSCc1cc[c]cc1. The van der Waals surface area contributed by atoms with E-state index in [1.165, 1.54) is 5.56 Å². The fourth-order valence-electron chi connectivity index (χ4n) is 1.14. The lowest BCUT2D eigenvalue weighted by molar-refractivity contribution is -0.142. The minimum atomic E-state index is -0.148. The molecule has 0 aromatic heterocycles. The Morgan fingerprint density at radius 2 is 2.19 bits per heavy atom. The largest absolute Gasteiger partial charge is 0.465 e. The molecule has 0 saturated carbocycles. The maximum absolute atomic E-state index is 11.0. The Kier molecular flexibility index (Phi) is 6.74. The number of thioether (sulfide) groups is 1. The van der Waals surface area contributed by atoms with Gasteiger partial charge in [-0.15, -0.1) is 0 Å². The summed E-state index contributed by atoms with van der Waals surface area (Å²) in [6.45, 7) is 4.09. The molecule has 3 heteroatoms. The van der Waals surface area contributed by atoms with Crippen LogP contribution in [0.3, 0.4) is 0 Å². The third kappa shape index (κ3) is 5.81. The molecule has 1 rings (SSSR count). The standard InChI is InChI=1S/C13H16O2S/c1-2-6-13(14)15-9-10-16-11-12-7-4-3-5-8-12/h4-5,7-8H,1-2,6,9-11H2. The third-order valence-electron chi connectivity index (χ3n) is 1.93. The molecular formula is C13H16O2S. The fraction of sp³-hybridized carbons (Fsp3) is 0.385. The zero-order chi connectivity index (χ0) is 11.6. The van der Waals surface area contributed by atoms with Crippen molar-refractivity contribution in [2.24, 2.45) is 0 Å². The van der Waals surface area contributed by atoms with Gasteiger partial charge in [0.05, 0.1) is 0 Å². The lowest BCUT2D eigenvalue weighted by Gasteiger charge is -2.04. The number of hydrogen-bond donors (Lipinski definition) is 0. The molecule has 0 bridgehead atoms. The van der Waals surface area contributed by atoms with E-state index in [0.717, 1.165) is 11.5 Å². The Balaban J connectivity index is 2.02. The molecule has 1 aromatic carbocycles. The quantitative estimate of drug-likeness (QED) is 0.538. The lowest BCUT2D eigenvalue weighted by Crippen LogP contribution is -2.06. The topological polar surface area (TPSA) is 26.3 Å². The van der Waals surface area contributed by atoms with Gasteiger partial charge >= 0.3 is 5.97 Å². The van der Waals surface area contributed by atoms with E-state index in [9.17, 15) is 4.79 Å². The summed E-state index contributed by atoms with van der Waals surface area (Å²) in [5, 5.41) is 0. The summed E-state index contributed by atoms with van der Waals surface area (Å²) in [5.74, 6) is 1.63. The Morgan fingerprint density at radius 1 is 1.44 bits per heavy atom. The summed E-state index contributed by atoms with van der Waals surface area (Å²) in [7, 11) is 0. The van der Waals surface area contributed by atoms with Crippen molar-refractivity contribution in [3.8, 4) is 0 Å². The molecule has 86 valence electrons. The Bertz CT molecular complexity index is 298. The van der Waals surface area contributed by atoms with E-state index in [2.05, 4.69) is 13.0 Å². The van der Waals surface area contributed by atoms with E-state index >= 15 is 0 Å². The lowest BCUT2D eigenvalue weighted by atomic mass is 10.2. The highest BCUT2D eigenvalue weighted by Gasteiger charge is 1.99. The number of benzene rings is 1. The summed E-state index contributed by atoms with van der Waals surface area (Å²) in [4.78, 5) is 11.0. The molecule has 0 heterocycles. The van der Waals surface area contributed by atoms with Crippen LogP contribution in [-0.4, -0.2) is 18.3 Å². The van der Waals surface area contributed by atoms with Crippen LogP contribution in [0.15, 0.2) is 24.3 Å². The molecule has 0 spiro atoms. The Hall–Kier alpha value is -0.960. The van der Waals surface area contributed by atoms with Crippen molar-refractivity contribution in [2.75, 3.05) is 12.4 Å². The maximum Gasteiger partial charge on any atom is 0.305 e. The van der Waals surface area contributed by atoms with Crippen LogP contribution in [0.5, 0.6) is 0 Å². The third-order valence-corrected chi connectivity index (χ3v) is 2.92. The van der Waals surface area contributed by atoms with Gasteiger partial charge in [0.25, 0.3) is 0 Å². The summed E-state index contributed by atoms with van der Waals surface area (Å²) in [6.07, 6.45) is 1.02. The Labute approximate surface area is 101 Å². The molecule has 16 heavy (non-hydrogen) atoms. The van der Waals surface area contributed by atoms with Crippen LogP contribution < -0.4 is 0 Å². The molecule has 0 aliphatic heterocycles. The van der Waals surface area contributed by atoms with Crippen LogP contribution in [0.1, 0.15) is 18.4 Å². The number of hydrogen-bond acceptors (Lipinski definition) is 3. The van der Waals surface area contributed by atoms with Gasteiger partial charge < -0.3 is 4.74 Å². The molecule has 2 radical (unpaired) electrons. The van der Waals surface area contributed by atoms with Crippen LogP contribution in [0.25, 0.3) is 0 Å². The van der Waals surface area contributed by atoms with Gasteiger partial charge in [0.1, 0.15) is 6.61 Å². The Morgan fingerprint density at radius 3 is 2.88 bits per heavy atom. The number of carbonyl (C=O) groups excluding carboxylic acids is 1. The zero-order valence-electron chi connectivity index (χ0n) is 9.28. The van der Waals surface area contributed by atoms with Gasteiger partial charge in [-0.05, 0) is 18.1 Å². The van der Waals surface area contributed by atoms with Gasteiger partial charge in [-0.25, -0.2) is 0 Å². The molecule has 0 amide bonds. The van der Waals surface area contributed by atoms with Crippen LogP contribution in [0.4, 0.5) is 0 Å². The average Bonchev–Trinajstić information content (AvgIpc) is 2.30. The van der Waals surface area contributed by atoms with Gasteiger partial charge in [-0.1, -0.05) is 31.2 Å². The second kappa shape index (κ2) is 8.22. The van der Waals surface area contributed by atoms with Crippen molar-refractivity contribution in [1.29, 1.82) is 0 Å². The normalized spacial score (nSPS) is 10.1. The summed E-state index contributed by atoms with van der Waals surface area (Å²) < 4.78 is 5.01. The molecule has 0 N–H and O–H groups in total. The van der Waals surface area contributed by atoms with E-state index in [4.69, 9.17) is 4.74 Å². The average molecular weight is 236 g/mol. The van der Waals surface area contributed by atoms with E-state index < -0.39 is 0 Å². The first-order chi connectivity index (χ1) is 7.83. The van der Waals surface area contributed by atoms with Crippen LogP contribution in [0.2, 0.25) is 0 Å². The van der Waals surface area contributed by atoms with Crippen molar-refractivity contribution in [1.82, 2.24) is 0 Å². The second-order valence-corrected chi connectivity index (χ2v) is 4.39. The van der Waals surface area contributed by atoms with Crippen molar-refractivity contribution in [2.45, 2.75) is 18.6 Å². The molecule has 0 unspecified atom stereocenters. The van der Waals surface area contributed by atoms with E-state index in [1.807, 2.05) is 24.3 Å². The van der Waals surface area contributed by atoms with Gasteiger partial charge in [-0.2, -0.15) is 11.8 Å². The summed E-state index contributed by atoms with van der Waals surface area (Å²) in [6, 6.07) is 10.9. The number of rotatable bonds is 7. The zero-order valence-corrected chi connectivity index (χ0v) is 10.1. The predicted molar refractivity (Wildman–Crippen MR) is 67.0 cm³/mol. The number of esters is 1. The molecule has 0 fully saturated rings. The predicted octanol–water partition coefficient (Wildman–Crippen LogP) is 2.88. The first-order valence-corrected chi connectivity index (χ1v) is 6.46.